The van der Waals surface area contributed by atoms with Gasteiger partial charge in [-0.25, -0.2) is 0 Å². The van der Waals surface area contributed by atoms with E-state index in [9.17, 15) is 0 Å². The van der Waals surface area contributed by atoms with Crippen molar-refractivity contribution in [2.75, 3.05) is 20.1 Å². The lowest BCUT2D eigenvalue weighted by molar-refractivity contribution is 0.265. The molecule has 0 radical (unpaired) electrons. The molecule has 0 saturated carbocycles. The van der Waals surface area contributed by atoms with Crippen LogP contribution in [0.15, 0.2) is 47.8 Å². The van der Waals surface area contributed by atoms with Gasteiger partial charge in [0.25, 0.3) is 0 Å². The number of hydrogen-bond donors (Lipinski definition) is 1. The number of hydrogen-bond acceptors (Lipinski definition) is 3. The van der Waals surface area contributed by atoms with Crippen molar-refractivity contribution in [3.8, 4) is 0 Å². The molecular weight excluding hydrogens is 264 g/mol. The first-order valence-corrected chi connectivity index (χ1v) is 8.18. The molecule has 1 N–H and O–H groups in total. The van der Waals surface area contributed by atoms with Gasteiger partial charge in [-0.2, -0.15) is 0 Å². The minimum Gasteiger partial charge on any atom is -0.313 e. The Morgan fingerprint density at radius 1 is 1.15 bits per heavy atom. The van der Waals surface area contributed by atoms with E-state index in [0.29, 0.717) is 6.04 Å². The van der Waals surface area contributed by atoms with Crippen molar-refractivity contribution in [1.29, 1.82) is 0 Å². The Morgan fingerprint density at radius 2 is 1.95 bits per heavy atom. The average molecular weight is 288 g/mol. The van der Waals surface area contributed by atoms with E-state index in [1.54, 1.807) is 0 Å². The highest BCUT2D eigenvalue weighted by atomic mass is 32.1. The summed E-state index contributed by atoms with van der Waals surface area (Å²) in [7, 11) is 2.05. The molecule has 0 aliphatic rings. The Hall–Kier alpha value is -1.16. The molecule has 0 bridgehead atoms. The summed E-state index contributed by atoms with van der Waals surface area (Å²) in [6.45, 7) is 5.53. The van der Waals surface area contributed by atoms with Crippen LogP contribution >= 0.6 is 11.3 Å². The minimum absolute atomic E-state index is 0.439. The number of rotatable bonds is 8. The van der Waals surface area contributed by atoms with Gasteiger partial charge in [-0.1, -0.05) is 43.3 Å². The summed E-state index contributed by atoms with van der Waals surface area (Å²) in [5.41, 5.74) is 1.38. The highest BCUT2D eigenvalue weighted by Gasteiger charge is 2.11. The molecule has 2 rings (SSSR count). The number of nitrogens with zero attached hydrogens (tertiary/aromatic N) is 1. The van der Waals surface area contributed by atoms with E-state index >= 15 is 0 Å². The SMILES string of the molecule is CCN(CCC(NC)c1ccccc1)Cc1cccs1. The zero-order valence-electron chi connectivity index (χ0n) is 12.4. The van der Waals surface area contributed by atoms with Gasteiger partial charge in [0.1, 0.15) is 0 Å². The van der Waals surface area contributed by atoms with E-state index in [4.69, 9.17) is 0 Å². The zero-order chi connectivity index (χ0) is 14.2. The molecule has 1 heterocycles. The summed E-state index contributed by atoms with van der Waals surface area (Å²) in [6, 6.07) is 15.5. The van der Waals surface area contributed by atoms with Gasteiger partial charge < -0.3 is 5.32 Å². The smallest absolute Gasteiger partial charge is 0.0329 e. The van der Waals surface area contributed by atoms with Gasteiger partial charge in [0.2, 0.25) is 0 Å². The molecule has 0 saturated heterocycles. The second-order valence-corrected chi connectivity index (χ2v) is 6.02. The van der Waals surface area contributed by atoms with Crippen LogP contribution in [-0.4, -0.2) is 25.0 Å². The Labute approximate surface area is 126 Å². The normalized spacial score (nSPS) is 12.8. The fourth-order valence-corrected chi connectivity index (χ4v) is 3.19. The maximum Gasteiger partial charge on any atom is 0.0329 e. The van der Waals surface area contributed by atoms with Crippen LogP contribution in [0.2, 0.25) is 0 Å². The highest BCUT2D eigenvalue weighted by Crippen LogP contribution is 2.18. The van der Waals surface area contributed by atoms with Gasteiger partial charge in [-0.3, -0.25) is 4.90 Å². The number of benzene rings is 1. The van der Waals surface area contributed by atoms with Gasteiger partial charge in [0.05, 0.1) is 0 Å². The predicted octanol–water partition coefficient (Wildman–Crippen LogP) is 3.92. The van der Waals surface area contributed by atoms with Crippen LogP contribution in [0.25, 0.3) is 0 Å². The Morgan fingerprint density at radius 3 is 2.55 bits per heavy atom. The predicted molar refractivity (Wildman–Crippen MR) is 88.1 cm³/mol. The van der Waals surface area contributed by atoms with Crippen LogP contribution in [-0.2, 0) is 6.54 Å². The van der Waals surface area contributed by atoms with Crippen molar-refractivity contribution in [3.63, 3.8) is 0 Å². The van der Waals surface area contributed by atoms with E-state index in [2.05, 4.69) is 65.0 Å². The van der Waals surface area contributed by atoms with Crippen LogP contribution in [0.3, 0.4) is 0 Å². The molecule has 1 aromatic carbocycles. The maximum absolute atomic E-state index is 3.43. The molecule has 1 unspecified atom stereocenters. The van der Waals surface area contributed by atoms with E-state index < -0.39 is 0 Å². The lowest BCUT2D eigenvalue weighted by atomic mass is 10.0. The molecule has 0 spiro atoms. The molecule has 0 aliphatic heterocycles. The van der Waals surface area contributed by atoms with Gasteiger partial charge >= 0.3 is 0 Å². The molecule has 108 valence electrons. The van der Waals surface area contributed by atoms with Gasteiger partial charge in [-0.05, 0) is 37.0 Å². The Bertz CT molecular complexity index is 467. The molecule has 0 fully saturated rings. The molecule has 2 aromatic rings. The van der Waals surface area contributed by atoms with Crippen molar-refractivity contribution in [1.82, 2.24) is 10.2 Å². The van der Waals surface area contributed by atoms with E-state index in [0.717, 1.165) is 26.1 Å². The molecule has 20 heavy (non-hydrogen) atoms. The Balaban J connectivity index is 1.88. The summed E-state index contributed by atoms with van der Waals surface area (Å²) >= 11 is 1.85. The van der Waals surface area contributed by atoms with Crippen LogP contribution in [0.5, 0.6) is 0 Å². The van der Waals surface area contributed by atoms with Crippen molar-refractivity contribution in [2.45, 2.75) is 25.9 Å². The third kappa shape index (κ3) is 4.44. The topological polar surface area (TPSA) is 15.3 Å². The summed E-state index contributed by atoms with van der Waals surface area (Å²) in [6.07, 6.45) is 1.14. The number of thiophene rings is 1. The van der Waals surface area contributed by atoms with E-state index in [1.807, 2.05) is 18.4 Å². The average Bonchev–Trinajstić information content (AvgIpc) is 3.00. The third-order valence-electron chi connectivity index (χ3n) is 3.69. The van der Waals surface area contributed by atoms with Crippen LogP contribution in [0, 0.1) is 0 Å². The monoisotopic (exact) mass is 288 g/mol. The van der Waals surface area contributed by atoms with Crippen molar-refractivity contribution in [2.24, 2.45) is 0 Å². The summed E-state index contributed by atoms with van der Waals surface area (Å²) in [5.74, 6) is 0. The molecular formula is C17H24N2S. The quantitative estimate of drug-likeness (QED) is 0.792. The molecule has 0 aliphatic carbocycles. The standard InChI is InChI=1S/C17H24N2S/c1-3-19(14-16-10-7-13-20-16)12-11-17(18-2)15-8-5-4-6-9-15/h4-10,13,17-18H,3,11-12,14H2,1-2H3. The molecule has 2 nitrogen and oxygen atoms in total. The van der Waals surface area contributed by atoms with Crippen molar-refractivity contribution >= 4 is 11.3 Å². The summed E-state index contributed by atoms with van der Waals surface area (Å²) in [5, 5.41) is 5.59. The van der Waals surface area contributed by atoms with Crippen molar-refractivity contribution < 1.29 is 0 Å². The second-order valence-electron chi connectivity index (χ2n) is 4.99. The fraction of sp³-hybridized carbons (Fsp3) is 0.412. The molecule has 1 aromatic heterocycles. The minimum atomic E-state index is 0.439. The number of nitrogens with one attached hydrogen (secondary N) is 1. The van der Waals surface area contributed by atoms with Gasteiger partial charge in [0, 0.05) is 24.0 Å². The fourth-order valence-electron chi connectivity index (χ4n) is 2.45. The van der Waals surface area contributed by atoms with Crippen LogP contribution in [0.4, 0.5) is 0 Å². The first-order chi connectivity index (χ1) is 9.83. The first-order valence-electron chi connectivity index (χ1n) is 7.30. The molecule has 1 atom stereocenters. The maximum atomic E-state index is 3.43. The zero-order valence-corrected chi connectivity index (χ0v) is 13.2. The van der Waals surface area contributed by atoms with Crippen molar-refractivity contribution in [3.05, 3.63) is 58.3 Å². The largest absolute Gasteiger partial charge is 0.313 e. The Kier molecular flexibility index (Phi) is 6.25. The molecule has 0 amide bonds. The van der Waals surface area contributed by atoms with E-state index in [1.165, 1.54) is 10.4 Å². The second kappa shape index (κ2) is 8.20. The lowest BCUT2D eigenvalue weighted by Crippen LogP contribution is -2.27. The third-order valence-corrected chi connectivity index (χ3v) is 4.55. The van der Waals surface area contributed by atoms with Gasteiger partial charge in [0.15, 0.2) is 0 Å². The highest BCUT2D eigenvalue weighted by molar-refractivity contribution is 7.09. The molecule has 3 heteroatoms. The van der Waals surface area contributed by atoms with Crippen LogP contribution in [0.1, 0.15) is 29.8 Å². The van der Waals surface area contributed by atoms with E-state index in [-0.39, 0.29) is 0 Å². The lowest BCUT2D eigenvalue weighted by Gasteiger charge is -2.23. The summed E-state index contributed by atoms with van der Waals surface area (Å²) < 4.78 is 0. The summed E-state index contributed by atoms with van der Waals surface area (Å²) in [4.78, 5) is 3.96. The first kappa shape index (κ1) is 15.2. The van der Waals surface area contributed by atoms with Gasteiger partial charge in [-0.15, -0.1) is 11.3 Å². The van der Waals surface area contributed by atoms with Crippen LogP contribution < -0.4 is 5.32 Å².